The predicted molar refractivity (Wildman–Crippen MR) is 64.9 cm³/mol. The number of nitrogen functional groups attached to an aromatic ring is 1. The van der Waals surface area contributed by atoms with Gasteiger partial charge in [0, 0.05) is 6.20 Å². The highest BCUT2D eigenvalue weighted by Gasteiger charge is 2.23. The van der Waals surface area contributed by atoms with Gasteiger partial charge in [-0.05, 0) is 23.9 Å². The summed E-state index contributed by atoms with van der Waals surface area (Å²) in [5, 5.41) is 11.8. The van der Waals surface area contributed by atoms with Crippen LogP contribution in [0.25, 0.3) is 0 Å². The van der Waals surface area contributed by atoms with Crippen molar-refractivity contribution in [3.8, 4) is 0 Å². The first-order valence-corrected chi connectivity index (χ1v) is 5.59. The zero-order valence-corrected chi connectivity index (χ0v) is 9.79. The summed E-state index contributed by atoms with van der Waals surface area (Å²) in [4.78, 5) is 22.0. The highest BCUT2D eigenvalue weighted by molar-refractivity contribution is 7.99. The number of hydrazine groups is 1. The molecule has 18 heavy (non-hydrogen) atoms. The van der Waals surface area contributed by atoms with Gasteiger partial charge in [0.25, 0.3) is 0 Å². The molecule has 2 heterocycles. The van der Waals surface area contributed by atoms with E-state index in [-0.39, 0.29) is 16.5 Å². The van der Waals surface area contributed by atoms with Crippen LogP contribution >= 0.6 is 11.8 Å². The number of hydrogen-bond donors (Lipinski definition) is 2. The number of nitrogens with zero attached hydrogens (tertiary/aromatic N) is 4. The molecular weight excluding hydrogens is 256 g/mol. The van der Waals surface area contributed by atoms with Gasteiger partial charge >= 0.3 is 5.69 Å². The van der Waals surface area contributed by atoms with Crippen molar-refractivity contribution >= 4 is 23.3 Å². The number of pyridine rings is 1. The molecule has 0 aliphatic carbocycles. The highest BCUT2D eigenvalue weighted by atomic mass is 32.2. The Kier molecular flexibility index (Phi) is 3.65. The van der Waals surface area contributed by atoms with Crippen molar-refractivity contribution in [3.63, 3.8) is 0 Å². The Morgan fingerprint density at radius 1 is 1.33 bits per heavy atom. The molecule has 0 radical (unpaired) electrons. The van der Waals surface area contributed by atoms with Crippen LogP contribution in [-0.4, -0.2) is 19.9 Å². The molecular formula is C9H8N6O2S. The van der Waals surface area contributed by atoms with Gasteiger partial charge in [0.2, 0.25) is 5.82 Å². The fourth-order valence-electron chi connectivity index (χ4n) is 1.21. The van der Waals surface area contributed by atoms with Gasteiger partial charge in [0.15, 0.2) is 5.03 Å². The minimum Gasteiger partial charge on any atom is -0.303 e. The van der Waals surface area contributed by atoms with Crippen molar-refractivity contribution in [2.24, 2.45) is 5.84 Å². The van der Waals surface area contributed by atoms with Crippen LogP contribution in [-0.2, 0) is 0 Å². The minimum atomic E-state index is -0.583. The van der Waals surface area contributed by atoms with Crippen LogP contribution in [0.4, 0.5) is 11.5 Å². The molecule has 0 spiro atoms. The Morgan fingerprint density at radius 2 is 2.17 bits per heavy atom. The van der Waals surface area contributed by atoms with E-state index in [0.29, 0.717) is 5.03 Å². The molecule has 0 atom stereocenters. The summed E-state index contributed by atoms with van der Waals surface area (Å²) in [6.45, 7) is 0. The number of nitrogens with two attached hydrogens (primary N) is 1. The molecule has 0 aliphatic rings. The van der Waals surface area contributed by atoms with E-state index in [4.69, 9.17) is 5.84 Å². The van der Waals surface area contributed by atoms with E-state index >= 15 is 0 Å². The number of nitro groups is 1. The van der Waals surface area contributed by atoms with Crippen LogP contribution in [0.1, 0.15) is 0 Å². The molecule has 0 unspecified atom stereocenters. The first-order valence-electron chi connectivity index (χ1n) is 4.77. The first kappa shape index (κ1) is 12.2. The number of rotatable bonds is 4. The first-order chi connectivity index (χ1) is 8.72. The quantitative estimate of drug-likeness (QED) is 0.366. The van der Waals surface area contributed by atoms with E-state index in [1.165, 1.54) is 6.33 Å². The fourth-order valence-corrected chi connectivity index (χ4v) is 2.04. The second-order valence-electron chi connectivity index (χ2n) is 3.05. The van der Waals surface area contributed by atoms with Crippen LogP contribution in [0, 0.1) is 10.1 Å². The van der Waals surface area contributed by atoms with E-state index in [1.54, 1.807) is 24.4 Å². The van der Waals surface area contributed by atoms with E-state index < -0.39 is 4.92 Å². The average Bonchev–Trinajstić information content (AvgIpc) is 2.39. The lowest BCUT2D eigenvalue weighted by molar-refractivity contribution is -0.387. The molecule has 0 bridgehead atoms. The summed E-state index contributed by atoms with van der Waals surface area (Å²) >= 11 is 1.07. The Bertz CT molecular complexity index is 564. The van der Waals surface area contributed by atoms with Crippen molar-refractivity contribution in [2.45, 2.75) is 10.1 Å². The van der Waals surface area contributed by atoms with Gasteiger partial charge in [-0.3, -0.25) is 10.1 Å². The Balaban J connectivity index is 2.42. The van der Waals surface area contributed by atoms with Crippen molar-refractivity contribution in [2.75, 3.05) is 5.43 Å². The van der Waals surface area contributed by atoms with E-state index in [2.05, 4.69) is 20.4 Å². The van der Waals surface area contributed by atoms with Crippen LogP contribution in [0.15, 0.2) is 40.8 Å². The molecule has 92 valence electrons. The van der Waals surface area contributed by atoms with E-state index in [1.807, 2.05) is 0 Å². The molecule has 0 aliphatic heterocycles. The third kappa shape index (κ3) is 2.52. The zero-order valence-electron chi connectivity index (χ0n) is 8.98. The van der Waals surface area contributed by atoms with E-state index in [9.17, 15) is 10.1 Å². The van der Waals surface area contributed by atoms with Gasteiger partial charge in [0.1, 0.15) is 11.4 Å². The van der Waals surface area contributed by atoms with Gasteiger partial charge < -0.3 is 5.43 Å². The monoisotopic (exact) mass is 264 g/mol. The van der Waals surface area contributed by atoms with Crippen LogP contribution in [0.3, 0.4) is 0 Å². The fraction of sp³-hybridized carbons (Fsp3) is 0. The van der Waals surface area contributed by atoms with Gasteiger partial charge in [-0.15, -0.1) is 0 Å². The summed E-state index contributed by atoms with van der Waals surface area (Å²) in [6, 6.07) is 5.27. The minimum absolute atomic E-state index is 0.0339. The lowest BCUT2D eigenvalue weighted by Crippen LogP contribution is -2.12. The third-order valence-corrected chi connectivity index (χ3v) is 2.89. The van der Waals surface area contributed by atoms with Crippen molar-refractivity contribution in [1.29, 1.82) is 0 Å². The number of hydrogen-bond acceptors (Lipinski definition) is 8. The molecule has 0 amide bonds. The summed E-state index contributed by atoms with van der Waals surface area (Å²) in [5.41, 5.74) is 1.91. The normalized spacial score (nSPS) is 10.1. The van der Waals surface area contributed by atoms with Gasteiger partial charge in [-0.1, -0.05) is 6.07 Å². The molecule has 0 fully saturated rings. The zero-order chi connectivity index (χ0) is 13.0. The largest absolute Gasteiger partial charge is 0.344 e. The molecule has 2 aromatic heterocycles. The van der Waals surface area contributed by atoms with Gasteiger partial charge in [0.05, 0.1) is 4.92 Å². The maximum Gasteiger partial charge on any atom is 0.344 e. The topological polar surface area (TPSA) is 120 Å². The number of nitrogens with one attached hydrogen (secondary N) is 1. The molecule has 2 rings (SSSR count). The van der Waals surface area contributed by atoms with Crippen LogP contribution in [0.5, 0.6) is 0 Å². The van der Waals surface area contributed by atoms with Gasteiger partial charge in [-0.2, -0.15) is 0 Å². The summed E-state index contributed by atoms with van der Waals surface area (Å²) in [7, 11) is 0. The molecule has 0 saturated heterocycles. The Morgan fingerprint density at radius 3 is 2.78 bits per heavy atom. The summed E-state index contributed by atoms with van der Waals surface area (Å²) in [6.07, 6.45) is 2.80. The van der Waals surface area contributed by atoms with Crippen LogP contribution < -0.4 is 11.3 Å². The maximum atomic E-state index is 11.0. The molecule has 0 aromatic carbocycles. The summed E-state index contributed by atoms with van der Waals surface area (Å²) in [5.74, 6) is 5.15. The van der Waals surface area contributed by atoms with Crippen molar-refractivity contribution in [1.82, 2.24) is 15.0 Å². The van der Waals surface area contributed by atoms with Crippen LogP contribution in [0.2, 0.25) is 0 Å². The number of anilines is 1. The lowest BCUT2D eigenvalue weighted by atomic mass is 10.5. The SMILES string of the molecule is NNc1ncnc(Sc2ccccn2)c1[N+](=O)[O-]. The lowest BCUT2D eigenvalue weighted by Gasteiger charge is -2.04. The molecule has 9 heteroatoms. The average molecular weight is 264 g/mol. The predicted octanol–water partition coefficient (Wildman–Crippen LogP) is 1.22. The second-order valence-corrected chi connectivity index (χ2v) is 4.06. The Labute approximate surface area is 106 Å². The number of aromatic nitrogens is 3. The smallest absolute Gasteiger partial charge is 0.303 e. The molecule has 2 aromatic rings. The summed E-state index contributed by atoms with van der Waals surface area (Å²) < 4.78 is 0. The van der Waals surface area contributed by atoms with E-state index in [0.717, 1.165) is 11.8 Å². The molecule has 8 nitrogen and oxygen atoms in total. The van der Waals surface area contributed by atoms with Crippen molar-refractivity contribution in [3.05, 3.63) is 40.8 Å². The Hall–Kier alpha value is -2.26. The van der Waals surface area contributed by atoms with Gasteiger partial charge in [-0.25, -0.2) is 20.8 Å². The molecule has 0 saturated carbocycles. The standard InChI is InChI=1S/C9H8N6O2S/c10-14-8-7(15(16)17)9(13-5-12-8)18-6-3-1-2-4-11-6/h1-5H,10H2,(H,12,13,14). The second kappa shape index (κ2) is 5.38. The highest BCUT2D eigenvalue weighted by Crippen LogP contribution is 2.34. The maximum absolute atomic E-state index is 11.0. The van der Waals surface area contributed by atoms with Crippen molar-refractivity contribution < 1.29 is 4.92 Å². The molecule has 3 N–H and O–H groups in total. The third-order valence-electron chi connectivity index (χ3n) is 1.95.